The van der Waals surface area contributed by atoms with E-state index in [2.05, 4.69) is 20.0 Å². The zero-order valence-electron chi connectivity index (χ0n) is 24.2. The maximum atomic E-state index is 13.6. The summed E-state index contributed by atoms with van der Waals surface area (Å²) in [5, 5.41) is 3.13. The van der Waals surface area contributed by atoms with Crippen molar-refractivity contribution in [1.82, 2.24) is 24.8 Å². The minimum atomic E-state index is -4.79. The topological polar surface area (TPSA) is 106 Å². The fraction of sp³-hybridized carbons (Fsp3) is 0.206. The van der Waals surface area contributed by atoms with Gasteiger partial charge in [-0.3, -0.25) is 19.3 Å². The number of fused-ring (bicyclic) bond motifs is 2. The Morgan fingerprint density at radius 1 is 0.913 bits per heavy atom. The number of hydrogen-bond acceptors (Lipinski definition) is 6. The number of imidazole rings is 1. The van der Waals surface area contributed by atoms with Gasteiger partial charge in [0.05, 0.1) is 29.3 Å². The van der Waals surface area contributed by atoms with Crippen molar-refractivity contribution in [3.8, 4) is 5.75 Å². The zero-order valence-corrected chi connectivity index (χ0v) is 24.2. The third kappa shape index (κ3) is 5.35. The maximum absolute atomic E-state index is 13.6. The first-order valence-electron chi connectivity index (χ1n) is 14.6. The molecule has 2 aliphatic rings. The Hall–Kier alpha value is -5.52. The van der Waals surface area contributed by atoms with Gasteiger partial charge in [-0.2, -0.15) is 0 Å². The Morgan fingerprint density at radius 3 is 2.26 bits per heavy atom. The van der Waals surface area contributed by atoms with Gasteiger partial charge in [-0.25, -0.2) is 9.97 Å². The van der Waals surface area contributed by atoms with Crippen LogP contribution in [0.1, 0.15) is 50.5 Å². The van der Waals surface area contributed by atoms with Gasteiger partial charge in [0.2, 0.25) is 5.91 Å². The number of pyridine rings is 1. The predicted molar refractivity (Wildman–Crippen MR) is 160 cm³/mol. The first-order chi connectivity index (χ1) is 22.1. The van der Waals surface area contributed by atoms with Gasteiger partial charge in [0.25, 0.3) is 11.8 Å². The van der Waals surface area contributed by atoms with Crippen molar-refractivity contribution >= 4 is 28.9 Å². The first kappa shape index (κ1) is 29.2. The van der Waals surface area contributed by atoms with Crippen molar-refractivity contribution in [3.05, 3.63) is 125 Å². The smallest absolute Gasteiger partial charge is 0.406 e. The summed E-state index contributed by atoms with van der Waals surface area (Å²) >= 11 is 0. The van der Waals surface area contributed by atoms with Gasteiger partial charge in [-0.05, 0) is 47.5 Å². The summed E-state index contributed by atoms with van der Waals surface area (Å²) in [4.78, 5) is 50.5. The van der Waals surface area contributed by atoms with Crippen LogP contribution in [0.15, 0.2) is 97.2 Å². The molecule has 46 heavy (non-hydrogen) atoms. The highest BCUT2D eigenvalue weighted by Crippen LogP contribution is 2.51. The van der Waals surface area contributed by atoms with E-state index in [1.165, 1.54) is 29.2 Å². The fourth-order valence-electron chi connectivity index (χ4n) is 6.18. The summed E-state index contributed by atoms with van der Waals surface area (Å²) in [5.41, 5.74) is 2.43. The number of aryl methyl sites for hydroxylation is 1. The molecule has 3 aromatic carbocycles. The molecule has 12 heteroatoms. The van der Waals surface area contributed by atoms with Crippen molar-refractivity contribution in [1.29, 1.82) is 0 Å². The summed E-state index contributed by atoms with van der Waals surface area (Å²) in [6.45, 7) is 0.256. The highest BCUT2D eigenvalue weighted by Gasteiger charge is 2.63. The van der Waals surface area contributed by atoms with Crippen LogP contribution in [0.2, 0.25) is 0 Å². The molecule has 232 valence electrons. The molecule has 1 fully saturated rings. The van der Waals surface area contributed by atoms with Gasteiger partial charge in [-0.1, -0.05) is 54.6 Å². The Labute approximate surface area is 260 Å². The lowest BCUT2D eigenvalue weighted by Gasteiger charge is -2.24. The number of nitrogens with one attached hydrogen (secondary N) is 1. The largest absolute Gasteiger partial charge is 0.573 e. The Morgan fingerprint density at radius 2 is 1.59 bits per heavy atom. The van der Waals surface area contributed by atoms with E-state index in [9.17, 15) is 27.6 Å². The molecule has 0 bridgehead atoms. The van der Waals surface area contributed by atoms with Crippen LogP contribution in [0, 0.1) is 0 Å². The van der Waals surface area contributed by atoms with E-state index in [4.69, 9.17) is 0 Å². The van der Waals surface area contributed by atoms with Crippen molar-refractivity contribution in [3.63, 3.8) is 0 Å². The number of halogens is 3. The monoisotopic (exact) mass is 625 g/mol. The van der Waals surface area contributed by atoms with E-state index in [-0.39, 0.29) is 42.9 Å². The van der Waals surface area contributed by atoms with E-state index in [1.54, 1.807) is 42.6 Å². The third-order valence-corrected chi connectivity index (χ3v) is 8.37. The van der Waals surface area contributed by atoms with E-state index < -0.39 is 17.9 Å². The van der Waals surface area contributed by atoms with Crippen LogP contribution in [-0.2, 0) is 23.3 Å². The number of ether oxygens (including phenoxy) is 1. The van der Waals surface area contributed by atoms with E-state index >= 15 is 0 Å². The van der Waals surface area contributed by atoms with Crippen LogP contribution in [0.4, 0.5) is 13.2 Å². The number of alkyl halides is 3. The fourth-order valence-corrected chi connectivity index (χ4v) is 6.18. The van der Waals surface area contributed by atoms with E-state index in [1.807, 2.05) is 34.9 Å². The van der Waals surface area contributed by atoms with Crippen LogP contribution >= 0.6 is 0 Å². The molecule has 9 nitrogen and oxygen atoms in total. The van der Waals surface area contributed by atoms with Crippen LogP contribution < -0.4 is 10.1 Å². The van der Waals surface area contributed by atoms with Crippen molar-refractivity contribution in [2.45, 2.75) is 43.8 Å². The molecule has 1 aliphatic carbocycles. The normalized spacial score (nSPS) is 18.9. The molecule has 0 radical (unpaired) electrons. The number of imide groups is 1. The highest BCUT2D eigenvalue weighted by atomic mass is 19.4. The summed E-state index contributed by atoms with van der Waals surface area (Å²) in [7, 11) is 0. The highest BCUT2D eigenvalue weighted by molar-refractivity contribution is 6.22. The number of nitrogens with zero attached hydrogens (tertiary/aromatic N) is 4. The molecule has 0 saturated heterocycles. The second-order valence-electron chi connectivity index (χ2n) is 11.3. The molecule has 1 aliphatic heterocycles. The van der Waals surface area contributed by atoms with Gasteiger partial charge in [0.15, 0.2) is 5.65 Å². The van der Waals surface area contributed by atoms with Crippen LogP contribution in [0.3, 0.4) is 0 Å². The van der Waals surface area contributed by atoms with Crippen LogP contribution in [-0.4, -0.2) is 49.6 Å². The molecule has 7 rings (SSSR count). The van der Waals surface area contributed by atoms with Gasteiger partial charge >= 0.3 is 6.36 Å². The maximum Gasteiger partial charge on any atom is 0.573 e. The molecule has 1 saturated carbocycles. The van der Waals surface area contributed by atoms with Crippen LogP contribution in [0.5, 0.6) is 5.75 Å². The lowest BCUT2D eigenvalue weighted by molar-refractivity contribution is -0.274. The SMILES string of the molecule is O=C(CCc1nc2cccnc2n1Cc1ccc(OC(F)(F)F)cc1)N[C@@]1(c2ccccc2)C[C@H]1N1C(=O)c2ccccc2C1=O. The average molecular weight is 626 g/mol. The van der Waals surface area contributed by atoms with Gasteiger partial charge in [0.1, 0.15) is 17.1 Å². The number of amides is 3. The standard InChI is InChI=1S/C34H26F3N5O4/c35-34(36,37)46-23-14-12-21(13-15-23)20-41-28(39-26-11-6-18-38-30(26)41)16-17-29(43)40-33(22-7-2-1-3-8-22)19-27(33)42-31(44)24-9-4-5-10-25(24)32(42)45/h1-15,18,27H,16-17,19-20H2,(H,40,43)/t27-,33-/m1/s1. The summed E-state index contributed by atoms with van der Waals surface area (Å²) in [6.07, 6.45) is -2.51. The molecule has 2 aromatic heterocycles. The molecule has 2 atom stereocenters. The van der Waals surface area contributed by atoms with Gasteiger partial charge in [0, 0.05) is 25.5 Å². The Kier molecular flexibility index (Phi) is 7.07. The summed E-state index contributed by atoms with van der Waals surface area (Å²) in [6, 6.07) is 24.5. The van der Waals surface area contributed by atoms with Gasteiger partial charge in [-0.15, -0.1) is 13.2 Å². The van der Waals surface area contributed by atoms with Crippen molar-refractivity contribution in [2.75, 3.05) is 0 Å². The average Bonchev–Trinajstić information content (AvgIpc) is 3.55. The second kappa shape index (κ2) is 11.1. The molecule has 0 spiro atoms. The Balaban J connectivity index is 1.10. The molecule has 3 amide bonds. The molecule has 3 heterocycles. The summed E-state index contributed by atoms with van der Waals surface area (Å²) < 4.78 is 43.6. The molecule has 1 N–H and O–H groups in total. The summed E-state index contributed by atoms with van der Waals surface area (Å²) in [5.74, 6) is -0.799. The lowest BCUT2D eigenvalue weighted by Crippen LogP contribution is -2.44. The number of aromatic nitrogens is 3. The minimum Gasteiger partial charge on any atom is -0.406 e. The van der Waals surface area contributed by atoms with Crippen molar-refractivity contribution < 1.29 is 32.3 Å². The second-order valence-corrected chi connectivity index (χ2v) is 11.3. The predicted octanol–water partition coefficient (Wildman–Crippen LogP) is 5.39. The quantitative estimate of drug-likeness (QED) is 0.220. The molecular formula is C34H26F3N5O4. The zero-order chi connectivity index (χ0) is 32.1. The Bertz CT molecular complexity index is 1940. The number of carbonyl (C=O) groups is 3. The lowest BCUT2D eigenvalue weighted by atomic mass is 10.0. The molecule has 5 aromatic rings. The number of carbonyl (C=O) groups excluding carboxylic acids is 3. The van der Waals surface area contributed by atoms with E-state index in [0.29, 0.717) is 40.1 Å². The number of rotatable bonds is 9. The number of hydrogen-bond donors (Lipinski definition) is 1. The van der Waals surface area contributed by atoms with E-state index in [0.717, 1.165) is 5.56 Å². The number of benzene rings is 3. The minimum absolute atomic E-state index is 0.0467. The van der Waals surface area contributed by atoms with Crippen molar-refractivity contribution in [2.24, 2.45) is 0 Å². The third-order valence-electron chi connectivity index (χ3n) is 8.37. The molecule has 0 unspecified atom stereocenters. The van der Waals surface area contributed by atoms with Crippen LogP contribution in [0.25, 0.3) is 11.2 Å². The first-order valence-corrected chi connectivity index (χ1v) is 14.6. The molecular weight excluding hydrogens is 599 g/mol. The van der Waals surface area contributed by atoms with Gasteiger partial charge < -0.3 is 14.6 Å².